The van der Waals surface area contributed by atoms with Crippen LogP contribution in [0, 0.1) is 0 Å². The Hall–Kier alpha value is -3.20. The zero-order valence-corrected chi connectivity index (χ0v) is 13.6. The molecule has 2 aromatic heterocycles. The number of aromatic nitrogens is 2. The SMILES string of the molecule is O=c1c2c(n(-c3ccccc3)c3ncccc13)CCc1ccccc1-2. The molecule has 25 heavy (non-hydrogen) atoms. The fourth-order valence-corrected chi connectivity index (χ4v) is 3.86. The Labute approximate surface area is 145 Å². The Balaban J connectivity index is 1.99. The van der Waals surface area contributed by atoms with Crippen molar-refractivity contribution in [3.8, 4) is 16.8 Å². The lowest BCUT2D eigenvalue weighted by Crippen LogP contribution is -2.22. The minimum absolute atomic E-state index is 0.0810. The molecule has 2 heterocycles. The highest BCUT2D eigenvalue weighted by Crippen LogP contribution is 2.34. The second-order valence-corrected chi connectivity index (χ2v) is 6.35. The van der Waals surface area contributed by atoms with Gasteiger partial charge in [0, 0.05) is 17.6 Å². The van der Waals surface area contributed by atoms with Gasteiger partial charge in [-0.15, -0.1) is 0 Å². The largest absolute Gasteiger partial charge is 0.297 e. The van der Waals surface area contributed by atoms with E-state index in [1.165, 1.54) is 5.56 Å². The van der Waals surface area contributed by atoms with Crippen LogP contribution in [-0.2, 0) is 12.8 Å². The summed E-state index contributed by atoms with van der Waals surface area (Å²) >= 11 is 0. The molecule has 0 aliphatic heterocycles. The number of benzene rings is 2. The number of rotatable bonds is 1. The van der Waals surface area contributed by atoms with Crippen molar-refractivity contribution in [1.29, 1.82) is 0 Å². The van der Waals surface area contributed by atoms with Crippen LogP contribution in [0.2, 0.25) is 0 Å². The molecule has 3 nitrogen and oxygen atoms in total. The van der Waals surface area contributed by atoms with Crippen molar-refractivity contribution in [1.82, 2.24) is 9.55 Å². The average Bonchev–Trinajstić information content (AvgIpc) is 2.68. The lowest BCUT2D eigenvalue weighted by Gasteiger charge is -2.25. The molecule has 0 unspecified atom stereocenters. The summed E-state index contributed by atoms with van der Waals surface area (Å²) in [7, 11) is 0. The zero-order chi connectivity index (χ0) is 16.8. The summed E-state index contributed by atoms with van der Waals surface area (Å²) in [5, 5.41) is 0.668. The quantitative estimate of drug-likeness (QED) is 0.527. The van der Waals surface area contributed by atoms with E-state index in [0.29, 0.717) is 5.39 Å². The molecule has 2 aromatic carbocycles. The lowest BCUT2D eigenvalue weighted by molar-refractivity contribution is 0.844. The van der Waals surface area contributed by atoms with E-state index in [9.17, 15) is 4.79 Å². The van der Waals surface area contributed by atoms with E-state index >= 15 is 0 Å². The summed E-state index contributed by atoms with van der Waals surface area (Å²) in [4.78, 5) is 17.8. The predicted molar refractivity (Wildman–Crippen MR) is 100 cm³/mol. The maximum atomic E-state index is 13.3. The van der Waals surface area contributed by atoms with Crippen molar-refractivity contribution < 1.29 is 0 Å². The second-order valence-electron chi connectivity index (χ2n) is 6.35. The van der Waals surface area contributed by atoms with Gasteiger partial charge in [-0.1, -0.05) is 42.5 Å². The fourth-order valence-electron chi connectivity index (χ4n) is 3.86. The summed E-state index contributed by atoms with van der Waals surface area (Å²) in [5.41, 5.74) is 6.04. The van der Waals surface area contributed by atoms with E-state index in [1.807, 2.05) is 42.5 Å². The first-order valence-electron chi connectivity index (χ1n) is 8.51. The third-order valence-electron chi connectivity index (χ3n) is 4.96. The van der Waals surface area contributed by atoms with Gasteiger partial charge in [-0.05, 0) is 48.2 Å². The number of aryl methyl sites for hydroxylation is 1. The monoisotopic (exact) mass is 324 g/mol. The number of fused-ring (bicyclic) bond motifs is 4. The van der Waals surface area contributed by atoms with E-state index in [2.05, 4.69) is 33.8 Å². The van der Waals surface area contributed by atoms with Crippen molar-refractivity contribution >= 4 is 11.0 Å². The third-order valence-corrected chi connectivity index (χ3v) is 4.96. The number of hydrogen-bond acceptors (Lipinski definition) is 2. The topological polar surface area (TPSA) is 34.9 Å². The first-order valence-corrected chi connectivity index (χ1v) is 8.51. The predicted octanol–water partition coefficient (Wildman–Crippen LogP) is 4.15. The Kier molecular flexibility index (Phi) is 3.07. The van der Waals surface area contributed by atoms with Crippen LogP contribution in [0.25, 0.3) is 27.8 Å². The molecule has 1 aliphatic carbocycles. The number of pyridine rings is 2. The van der Waals surface area contributed by atoms with Crippen molar-refractivity contribution in [2.45, 2.75) is 12.8 Å². The Morgan fingerprint density at radius 2 is 1.64 bits per heavy atom. The lowest BCUT2D eigenvalue weighted by atomic mass is 9.87. The van der Waals surface area contributed by atoms with Gasteiger partial charge >= 0.3 is 0 Å². The van der Waals surface area contributed by atoms with Gasteiger partial charge in [0.15, 0.2) is 5.43 Å². The highest BCUT2D eigenvalue weighted by Gasteiger charge is 2.24. The van der Waals surface area contributed by atoms with Gasteiger partial charge in [0.25, 0.3) is 0 Å². The Morgan fingerprint density at radius 1 is 0.840 bits per heavy atom. The molecule has 0 amide bonds. The average molecular weight is 324 g/mol. The Morgan fingerprint density at radius 3 is 2.52 bits per heavy atom. The fraction of sp³-hybridized carbons (Fsp3) is 0.0909. The number of para-hydroxylation sites is 1. The van der Waals surface area contributed by atoms with Crippen LogP contribution in [-0.4, -0.2) is 9.55 Å². The van der Waals surface area contributed by atoms with Crippen molar-refractivity contribution in [3.63, 3.8) is 0 Å². The molecule has 5 rings (SSSR count). The summed E-state index contributed by atoms with van der Waals surface area (Å²) < 4.78 is 2.15. The molecule has 1 aliphatic rings. The van der Waals surface area contributed by atoms with Gasteiger partial charge in [0.05, 0.1) is 10.9 Å². The summed E-state index contributed by atoms with van der Waals surface area (Å²) in [6.07, 6.45) is 3.53. The zero-order valence-electron chi connectivity index (χ0n) is 13.6. The van der Waals surface area contributed by atoms with Crippen molar-refractivity contribution in [2.75, 3.05) is 0 Å². The van der Waals surface area contributed by atoms with Gasteiger partial charge < -0.3 is 0 Å². The molecular formula is C22H16N2O. The molecule has 0 bridgehead atoms. The normalized spacial score (nSPS) is 12.6. The third kappa shape index (κ3) is 2.06. The molecule has 120 valence electrons. The van der Waals surface area contributed by atoms with Gasteiger partial charge in [-0.2, -0.15) is 0 Å². The summed E-state index contributed by atoms with van der Waals surface area (Å²) in [6.45, 7) is 0. The van der Waals surface area contributed by atoms with E-state index in [4.69, 9.17) is 0 Å². The first-order chi connectivity index (χ1) is 12.3. The smallest absolute Gasteiger partial charge is 0.199 e. The van der Waals surface area contributed by atoms with Gasteiger partial charge in [0.1, 0.15) is 5.65 Å². The van der Waals surface area contributed by atoms with Crippen molar-refractivity contribution in [3.05, 3.63) is 94.4 Å². The highest BCUT2D eigenvalue weighted by molar-refractivity contribution is 5.86. The molecule has 3 heteroatoms. The molecule has 0 radical (unpaired) electrons. The maximum absolute atomic E-state index is 13.3. The first kappa shape index (κ1) is 14.2. The van der Waals surface area contributed by atoms with E-state index < -0.39 is 0 Å². The highest BCUT2D eigenvalue weighted by atomic mass is 16.1. The molecule has 0 fully saturated rings. The number of hydrogen-bond donors (Lipinski definition) is 0. The summed E-state index contributed by atoms with van der Waals surface area (Å²) in [5.74, 6) is 0. The molecule has 0 spiro atoms. The Bertz CT molecular complexity index is 1160. The molecule has 0 N–H and O–H groups in total. The standard InChI is InChI=1S/C22H16N2O/c25-21-18-11-6-14-23-22(18)24(16-8-2-1-3-9-16)19-13-12-15-7-4-5-10-17(15)20(19)21/h1-11,14H,12-13H2. The van der Waals surface area contributed by atoms with E-state index in [1.54, 1.807) is 6.20 Å². The van der Waals surface area contributed by atoms with Crippen LogP contribution >= 0.6 is 0 Å². The number of nitrogens with zero attached hydrogens (tertiary/aromatic N) is 2. The molecular weight excluding hydrogens is 308 g/mol. The van der Waals surface area contributed by atoms with E-state index in [-0.39, 0.29) is 5.43 Å². The van der Waals surface area contributed by atoms with Crippen LogP contribution in [0.1, 0.15) is 11.3 Å². The molecule has 0 atom stereocenters. The van der Waals surface area contributed by atoms with Crippen LogP contribution < -0.4 is 5.43 Å². The maximum Gasteiger partial charge on any atom is 0.199 e. The summed E-state index contributed by atoms with van der Waals surface area (Å²) in [6, 6.07) is 22.1. The van der Waals surface area contributed by atoms with Gasteiger partial charge in [-0.25, -0.2) is 4.98 Å². The van der Waals surface area contributed by atoms with Crippen LogP contribution in [0.5, 0.6) is 0 Å². The minimum atomic E-state index is 0.0810. The van der Waals surface area contributed by atoms with Gasteiger partial charge in [-0.3, -0.25) is 9.36 Å². The molecule has 4 aromatic rings. The van der Waals surface area contributed by atoms with E-state index in [0.717, 1.165) is 41.0 Å². The molecule has 0 saturated carbocycles. The second kappa shape index (κ2) is 5.42. The van der Waals surface area contributed by atoms with Gasteiger partial charge in [0.2, 0.25) is 0 Å². The van der Waals surface area contributed by atoms with Crippen LogP contribution in [0.3, 0.4) is 0 Å². The molecule has 0 saturated heterocycles. The van der Waals surface area contributed by atoms with Crippen LogP contribution in [0.4, 0.5) is 0 Å². The van der Waals surface area contributed by atoms with Crippen molar-refractivity contribution in [2.24, 2.45) is 0 Å². The van der Waals surface area contributed by atoms with Crippen LogP contribution in [0.15, 0.2) is 77.7 Å². The minimum Gasteiger partial charge on any atom is -0.297 e.